The van der Waals surface area contributed by atoms with Crippen LogP contribution in [0.5, 0.6) is 5.75 Å². The Kier molecular flexibility index (Phi) is 6.93. The number of halogens is 2. The summed E-state index contributed by atoms with van der Waals surface area (Å²) in [7, 11) is 3.97. The molecule has 148 valence electrons. The number of aromatic nitrogens is 3. The first-order chi connectivity index (χ1) is 13.5. The van der Waals surface area contributed by atoms with Gasteiger partial charge in [-0.15, -0.1) is 10.2 Å². The van der Waals surface area contributed by atoms with Crippen molar-refractivity contribution in [3.8, 4) is 11.4 Å². The molecule has 0 aliphatic carbocycles. The lowest BCUT2D eigenvalue weighted by Crippen LogP contribution is -2.20. The second-order valence-corrected chi connectivity index (χ2v) is 7.94. The maximum Gasteiger partial charge on any atom is 0.196 e. The van der Waals surface area contributed by atoms with Gasteiger partial charge in [-0.3, -0.25) is 9.47 Å². The van der Waals surface area contributed by atoms with E-state index in [1.165, 1.54) is 12.1 Å². The van der Waals surface area contributed by atoms with Crippen molar-refractivity contribution in [2.24, 2.45) is 0 Å². The van der Waals surface area contributed by atoms with Crippen molar-refractivity contribution in [3.63, 3.8) is 0 Å². The van der Waals surface area contributed by atoms with Gasteiger partial charge in [-0.1, -0.05) is 23.4 Å². The standard InChI is InChI=1S/C20H22ClFN4OS/c1-14(25(2)3)19-23-24-20(26(19)17-8-6-16(22)7-9-17)28-13-12-27-18-10-4-15(21)5-11-18/h4-11,14H,12-13H2,1-3H3. The van der Waals surface area contributed by atoms with Gasteiger partial charge in [0.25, 0.3) is 0 Å². The number of hydrogen-bond acceptors (Lipinski definition) is 5. The second-order valence-electron chi connectivity index (χ2n) is 6.44. The quantitative estimate of drug-likeness (QED) is 0.385. The first-order valence-corrected chi connectivity index (χ1v) is 10.2. The molecule has 5 nitrogen and oxygen atoms in total. The molecule has 0 amide bonds. The monoisotopic (exact) mass is 420 g/mol. The Morgan fingerprint density at radius 1 is 1.11 bits per heavy atom. The zero-order chi connectivity index (χ0) is 20.1. The van der Waals surface area contributed by atoms with E-state index in [9.17, 15) is 4.39 Å². The summed E-state index contributed by atoms with van der Waals surface area (Å²) in [5, 5.41) is 10.2. The van der Waals surface area contributed by atoms with Crippen molar-refractivity contribution in [2.75, 3.05) is 26.5 Å². The number of benzene rings is 2. The average molecular weight is 421 g/mol. The molecule has 1 atom stereocenters. The van der Waals surface area contributed by atoms with Crippen LogP contribution in [0.3, 0.4) is 0 Å². The van der Waals surface area contributed by atoms with Crippen LogP contribution in [0.1, 0.15) is 18.8 Å². The molecule has 28 heavy (non-hydrogen) atoms. The first kappa shape index (κ1) is 20.6. The molecule has 3 aromatic rings. The van der Waals surface area contributed by atoms with Crippen LogP contribution in [-0.4, -0.2) is 46.1 Å². The lowest BCUT2D eigenvalue weighted by Gasteiger charge is -2.20. The van der Waals surface area contributed by atoms with Crippen molar-refractivity contribution in [3.05, 3.63) is 65.2 Å². The number of rotatable bonds is 8. The maximum atomic E-state index is 13.4. The van der Waals surface area contributed by atoms with Crippen LogP contribution < -0.4 is 4.74 Å². The Morgan fingerprint density at radius 2 is 1.79 bits per heavy atom. The van der Waals surface area contributed by atoms with Gasteiger partial charge in [0, 0.05) is 16.5 Å². The van der Waals surface area contributed by atoms with E-state index in [1.54, 1.807) is 36.0 Å². The fourth-order valence-corrected chi connectivity index (χ4v) is 3.43. The van der Waals surface area contributed by atoms with Crippen molar-refractivity contribution in [1.82, 2.24) is 19.7 Å². The molecule has 0 saturated heterocycles. The highest BCUT2D eigenvalue weighted by Gasteiger charge is 2.20. The molecule has 1 heterocycles. The highest BCUT2D eigenvalue weighted by atomic mass is 35.5. The lowest BCUT2D eigenvalue weighted by molar-refractivity contribution is 0.305. The molecule has 0 aliphatic rings. The van der Waals surface area contributed by atoms with E-state index in [1.807, 2.05) is 30.8 Å². The number of thioether (sulfide) groups is 1. The van der Waals surface area contributed by atoms with Crippen LogP contribution in [-0.2, 0) is 0 Å². The van der Waals surface area contributed by atoms with Crippen LogP contribution in [0.4, 0.5) is 4.39 Å². The van der Waals surface area contributed by atoms with Crippen LogP contribution in [0, 0.1) is 5.82 Å². The Balaban J connectivity index is 1.74. The minimum atomic E-state index is -0.274. The molecule has 0 fully saturated rings. The highest BCUT2D eigenvalue weighted by molar-refractivity contribution is 7.99. The topological polar surface area (TPSA) is 43.2 Å². The molecule has 1 aromatic heterocycles. The Hall–Kier alpha value is -2.09. The fourth-order valence-electron chi connectivity index (χ4n) is 2.53. The molecule has 0 N–H and O–H groups in total. The molecule has 0 saturated carbocycles. The van der Waals surface area contributed by atoms with Crippen molar-refractivity contribution in [2.45, 2.75) is 18.1 Å². The molecule has 0 bridgehead atoms. The molecule has 1 unspecified atom stereocenters. The molecule has 0 spiro atoms. The summed E-state index contributed by atoms with van der Waals surface area (Å²) in [5.41, 5.74) is 0.830. The van der Waals surface area contributed by atoms with Gasteiger partial charge < -0.3 is 4.74 Å². The molecular formula is C20H22ClFN4OS. The smallest absolute Gasteiger partial charge is 0.196 e. The molecule has 8 heteroatoms. The first-order valence-electron chi connectivity index (χ1n) is 8.84. The highest BCUT2D eigenvalue weighted by Crippen LogP contribution is 2.27. The molecule has 3 rings (SSSR count). The lowest BCUT2D eigenvalue weighted by atomic mass is 10.2. The van der Waals surface area contributed by atoms with Gasteiger partial charge in [-0.2, -0.15) is 0 Å². The summed E-state index contributed by atoms with van der Waals surface area (Å²) in [4.78, 5) is 2.06. The third-order valence-electron chi connectivity index (χ3n) is 4.29. The summed E-state index contributed by atoms with van der Waals surface area (Å²) in [5.74, 6) is 1.99. The van der Waals surface area contributed by atoms with E-state index in [2.05, 4.69) is 22.0 Å². The minimum Gasteiger partial charge on any atom is -0.493 e. The van der Waals surface area contributed by atoms with Gasteiger partial charge >= 0.3 is 0 Å². The third-order valence-corrected chi connectivity index (χ3v) is 5.43. The van der Waals surface area contributed by atoms with Crippen molar-refractivity contribution in [1.29, 1.82) is 0 Å². The van der Waals surface area contributed by atoms with Crippen LogP contribution >= 0.6 is 23.4 Å². The maximum absolute atomic E-state index is 13.4. The van der Waals surface area contributed by atoms with Gasteiger partial charge in [-0.25, -0.2) is 4.39 Å². The van der Waals surface area contributed by atoms with E-state index < -0.39 is 0 Å². The number of ether oxygens (including phenoxy) is 1. The normalized spacial score (nSPS) is 12.4. The molecular weight excluding hydrogens is 399 g/mol. The van der Waals surface area contributed by atoms with Crippen molar-refractivity contribution < 1.29 is 9.13 Å². The van der Waals surface area contributed by atoms with Gasteiger partial charge in [0.2, 0.25) is 0 Å². The largest absolute Gasteiger partial charge is 0.493 e. The second kappa shape index (κ2) is 9.41. The molecule has 0 radical (unpaired) electrons. The van der Waals surface area contributed by atoms with Crippen LogP contribution in [0.15, 0.2) is 53.7 Å². The summed E-state index contributed by atoms with van der Waals surface area (Å²) in [6.07, 6.45) is 0. The Morgan fingerprint density at radius 3 is 2.43 bits per heavy atom. The fraction of sp³-hybridized carbons (Fsp3) is 0.300. The third kappa shape index (κ3) is 5.04. The summed E-state index contributed by atoms with van der Waals surface area (Å²) < 4.78 is 21.1. The zero-order valence-electron chi connectivity index (χ0n) is 16.0. The Labute approximate surface area is 173 Å². The van der Waals surface area contributed by atoms with Crippen molar-refractivity contribution >= 4 is 23.4 Å². The summed E-state index contributed by atoms with van der Waals surface area (Å²) >= 11 is 7.43. The van der Waals surface area contributed by atoms with E-state index in [-0.39, 0.29) is 11.9 Å². The van der Waals surface area contributed by atoms with Crippen LogP contribution in [0.25, 0.3) is 5.69 Å². The molecule has 2 aromatic carbocycles. The summed E-state index contributed by atoms with van der Waals surface area (Å²) in [6, 6.07) is 13.7. The van der Waals surface area contributed by atoms with Gasteiger partial charge in [0.1, 0.15) is 11.6 Å². The van der Waals surface area contributed by atoms with E-state index in [0.29, 0.717) is 17.4 Å². The summed E-state index contributed by atoms with van der Waals surface area (Å²) in [6.45, 7) is 2.57. The van der Waals surface area contributed by atoms with Gasteiger partial charge in [-0.05, 0) is 69.6 Å². The van der Waals surface area contributed by atoms with E-state index >= 15 is 0 Å². The van der Waals surface area contributed by atoms with E-state index in [0.717, 1.165) is 22.4 Å². The zero-order valence-corrected chi connectivity index (χ0v) is 17.5. The number of nitrogens with zero attached hydrogens (tertiary/aromatic N) is 4. The van der Waals surface area contributed by atoms with Gasteiger partial charge in [0.05, 0.1) is 12.6 Å². The molecule has 0 aliphatic heterocycles. The van der Waals surface area contributed by atoms with E-state index in [4.69, 9.17) is 16.3 Å². The predicted molar refractivity (Wildman–Crippen MR) is 111 cm³/mol. The number of hydrogen-bond donors (Lipinski definition) is 0. The average Bonchev–Trinajstić information content (AvgIpc) is 3.10. The SMILES string of the molecule is CC(c1nnc(SCCOc2ccc(Cl)cc2)n1-c1ccc(F)cc1)N(C)C. The minimum absolute atomic E-state index is 0.0530. The Bertz CT molecular complexity index is 900. The van der Waals surface area contributed by atoms with Crippen LogP contribution in [0.2, 0.25) is 5.02 Å². The predicted octanol–water partition coefficient (Wildman–Crippen LogP) is 4.85. The van der Waals surface area contributed by atoms with Gasteiger partial charge in [0.15, 0.2) is 11.0 Å².